The van der Waals surface area contributed by atoms with E-state index >= 15 is 0 Å². The molecule has 0 saturated heterocycles. The first-order valence-electron chi connectivity index (χ1n) is 1.55. The minimum absolute atomic E-state index is 0. The van der Waals surface area contributed by atoms with Crippen LogP contribution in [0.3, 0.4) is 0 Å². The normalized spacial score (nSPS) is 4.80. The van der Waals surface area contributed by atoms with Gasteiger partial charge in [-0.3, -0.25) is 0 Å². The third kappa shape index (κ3) is 11.5. The average Bonchev–Trinajstić information content (AvgIpc) is 1.72. The Morgan fingerprint density at radius 3 is 0.900 bits per heavy atom. The van der Waals surface area contributed by atoms with Crippen molar-refractivity contribution < 1.29 is 20.4 Å². The Labute approximate surface area is 94.4 Å². The van der Waals surface area contributed by atoms with Crippen LogP contribution in [0.15, 0.2) is 19.0 Å². The van der Waals surface area contributed by atoms with Crippen LogP contribution in [0, 0.1) is 0 Å². The summed E-state index contributed by atoms with van der Waals surface area (Å²) in [5.74, 6) is 0. The summed E-state index contributed by atoms with van der Waals surface area (Å²) >= 11 is 0. The summed E-state index contributed by atoms with van der Waals surface area (Å²) in [4.78, 5) is 10.7. The molecule has 64 valence electrons. The minimum atomic E-state index is 0. The van der Waals surface area contributed by atoms with Crippen molar-refractivity contribution in [1.82, 2.24) is 15.0 Å². The molecule has 0 radical (unpaired) electrons. The van der Waals surface area contributed by atoms with Gasteiger partial charge in [-0.05, 0) is 0 Å². The van der Waals surface area contributed by atoms with Crippen LogP contribution >= 0.6 is 0 Å². The van der Waals surface area contributed by atoms with Crippen molar-refractivity contribution in [3.05, 3.63) is 19.0 Å². The van der Waals surface area contributed by atoms with Crippen molar-refractivity contribution in [3.8, 4) is 0 Å². The summed E-state index contributed by atoms with van der Waals surface area (Å²) in [6.45, 7) is 0. The van der Waals surface area contributed by atoms with E-state index in [1.54, 1.807) is 0 Å². The Balaban J connectivity index is -0.0000000450. The van der Waals surface area contributed by atoms with Crippen LogP contribution < -0.4 is 0 Å². The van der Waals surface area contributed by atoms with Gasteiger partial charge >= 0.3 is 0 Å². The Hall–Kier alpha value is 0.722. The van der Waals surface area contributed by atoms with E-state index in [1.807, 2.05) is 0 Å². The molecule has 0 aromatic carbocycles. The fourth-order valence-corrected chi connectivity index (χ4v) is 0.205. The van der Waals surface area contributed by atoms with Crippen LogP contribution in [0.4, 0.5) is 0 Å². The van der Waals surface area contributed by atoms with Crippen molar-refractivity contribution >= 4 is 40.5 Å². The molecule has 0 saturated carbocycles. The van der Waals surface area contributed by atoms with Crippen LogP contribution in [0.5, 0.6) is 0 Å². The molecule has 0 aliphatic rings. The number of hydrogen-bond acceptors (Lipinski definition) is 6. The number of hydrogen-bond donors (Lipinski definition) is 0. The van der Waals surface area contributed by atoms with Crippen molar-refractivity contribution in [2.24, 2.45) is 0 Å². The van der Waals surface area contributed by atoms with Crippen LogP contribution in [0.1, 0.15) is 0 Å². The first-order valence-corrected chi connectivity index (χ1v) is 1.55. The predicted molar refractivity (Wildman–Crippen MR) is 46.1 cm³/mol. The maximum Gasteiger partial charge on any atom is 0.119 e. The molecule has 0 spiro atoms. The second kappa shape index (κ2) is 16.4. The van der Waals surface area contributed by atoms with Gasteiger partial charge in [-0.2, -0.15) is 0 Å². The molecule has 0 aliphatic carbocycles. The fraction of sp³-hybridized carbons (Fsp3) is 0. The van der Waals surface area contributed by atoms with Gasteiger partial charge in [-0.25, -0.2) is 15.0 Å². The molecule has 0 unspecified atom stereocenters. The van der Waals surface area contributed by atoms with Gasteiger partial charge in [0.15, 0.2) is 0 Å². The van der Waals surface area contributed by atoms with Crippen molar-refractivity contribution in [2.45, 2.75) is 0 Å². The summed E-state index contributed by atoms with van der Waals surface area (Å²) in [7, 11) is 0. The summed E-state index contributed by atoms with van der Waals surface area (Å²) < 4.78 is 0. The standard InChI is InChI=1S/C3H3N3.Pd.3H2S/c1-4-2-6-3-5-1;;;;/h1-3H;;3*1H2/p-3. The van der Waals surface area contributed by atoms with Gasteiger partial charge in [-0.15, -0.1) is 0 Å². The van der Waals surface area contributed by atoms with E-state index in [0.717, 1.165) is 0 Å². The van der Waals surface area contributed by atoms with Crippen molar-refractivity contribution in [1.29, 1.82) is 0 Å². The summed E-state index contributed by atoms with van der Waals surface area (Å²) in [6.07, 6.45) is 4.31. The third-order valence-corrected chi connectivity index (χ3v) is 0.400. The van der Waals surface area contributed by atoms with Crippen LogP contribution in [0.2, 0.25) is 0 Å². The van der Waals surface area contributed by atoms with Gasteiger partial charge in [0, 0.05) is 20.4 Å². The maximum absolute atomic E-state index is 3.56. The molecule has 0 amide bonds. The van der Waals surface area contributed by atoms with E-state index in [4.69, 9.17) is 0 Å². The smallest absolute Gasteiger partial charge is 0.119 e. The van der Waals surface area contributed by atoms with Crippen LogP contribution in [-0.2, 0) is 60.9 Å². The van der Waals surface area contributed by atoms with Crippen molar-refractivity contribution in [3.63, 3.8) is 0 Å². The molecular formula is C3H6N3PdS3-3. The molecule has 0 fully saturated rings. The Morgan fingerprint density at radius 2 is 0.800 bits per heavy atom. The largest absolute Gasteiger partial charge is 0.813 e. The topological polar surface area (TPSA) is 38.7 Å². The molecule has 1 aromatic rings. The number of aromatic nitrogens is 3. The molecule has 1 rings (SSSR count). The number of rotatable bonds is 0. The molecule has 1 aromatic heterocycles. The summed E-state index contributed by atoms with van der Waals surface area (Å²) in [5.41, 5.74) is 0. The zero-order chi connectivity index (χ0) is 4.24. The average molecular weight is 287 g/mol. The van der Waals surface area contributed by atoms with E-state index < -0.39 is 0 Å². The molecule has 0 N–H and O–H groups in total. The Kier molecular flexibility index (Phi) is 36.7. The van der Waals surface area contributed by atoms with Gasteiger partial charge in [0.25, 0.3) is 0 Å². The molecule has 0 bridgehead atoms. The van der Waals surface area contributed by atoms with Gasteiger partial charge in [0.2, 0.25) is 0 Å². The van der Waals surface area contributed by atoms with E-state index in [1.165, 1.54) is 19.0 Å². The number of thiol groups is 3. The van der Waals surface area contributed by atoms with E-state index in [0.29, 0.717) is 0 Å². The second-order valence-electron chi connectivity index (χ2n) is 0.794. The molecule has 1 heterocycles. The summed E-state index contributed by atoms with van der Waals surface area (Å²) in [6, 6.07) is 0. The van der Waals surface area contributed by atoms with Gasteiger partial charge in [-0.1, -0.05) is 0 Å². The van der Waals surface area contributed by atoms with Crippen molar-refractivity contribution in [2.75, 3.05) is 0 Å². The fourth-order valence-electron chi connectivity index (χ4n) is 0.205. The Morgan fingerprint density at radius 1 is 0.600 bits per heavy atom. The Bertz CT molecular complexity index is 90.9. The minimum Gasteiger partial charge on any atom is -0.813 e. The molecule has 7 heteroatoms. The van der Waals surface area contributed by atoms with E-state index in [2.05, 4.69) is 15.0 Å². The zero-order valence-corrected chi connectivity index (χ0v) is 8.97. The summed E-state index contributed by atoms with van der Waals surface area (Å²) in [5, 5.41) is 0. The van der Waals surface area contributed by atoms with E-state index in [-0.39, 0.29) is 60.9 Å². The first-order chi connectivity index (χ1) is 3.00. The van der Waals surface area contributed by atoms with Crippen LogP contribution in [0.25, 0.3) is 0 Å². The quantitative estimate of drug-likeness (QED) is 0.348. The number of nitrogens with zero attached hydrogens (tertiary/aromatic N) is 3. The molecule has 10 heavy (non-hydrogen) atoms. The molecule has 3 nitrogen and oxygen atoms in total. The van der Waals surface area contributed by atoms with Gasteiger partial charge < -0.3 is 40.5 Å². The van der Waals surface area contributed by atoms with Crippen LogP contribution in [-0.4, -0.2) is 15.0 Å². The molecule has 0 atom stereocenters. The SMILES string of the molecule is [Pd].[SH-].[SH-].[SH-].c1ncncn1. The third-order valence-electron chi connectivity index (χ3n) is 0.400. The zero-order valence-electron chi connectivity index (χ0n) is 4.73. The monoisotopic (exact) mass is 286 g/mol. The first kappa shape index (κ1) is 22.4. The van der Waals surface area contributed by atoms with Gasteiger partial charge in [0.1, 0.15) is 19.0 Å². The molecular weight excluding hydrogens is 281 g/mol. The molecule has 0 aliphatic heterocycles. The maximum atomic E-state index is 3.56. The van der Waals surface area contributed by atoms with E-state index in [9.17, 15) is 0 Å². The van der Waals surface area contributed by atoms with Gasteiger partial charge in [0.05, 0.1) is 0 Å². The predicted octanol–water partition coefficient (Wildman–Crippen LogP) is -0.941. The second-order valence-corrected chi connectivity index (χ2v) is 0.794.